The summed E-state index contributed by atoms with van der Waals surface area (Å²) < 4.78 is 11.8. The lowest BCUT2D eigenvalue weighted by Crippen LogP contribution is -2.05. The Morgan fingerprint density at radius 2 is 1.61 bits per heavy atom. The molecule has 0 saturated heterocycles. The van der Waals surface area contributed by atoms with Crippen LogP contribution in [0, 0.1) is 0 Å². The lowest BCUT2D eigenvalue weighted by Gasteiger charge is -2.11. The molecule has 0 unspecified atom stereocenters. The highest BCUT2D eigenvalue weighted by Gasteiger charge is 2.04. The molecule has 7 heteroatoms. The third kappa shape index (κ3) is 6.43. The molecule has 0 fully saturated rings. The normalized spacial score (nSPS) is 10.6. The Balaban J connectivity index is 1.54. The number of hydrogen-bond acceptors (Lipinski definition) is 5. The number of nitrogens with two attached hydrogens (primary N) is 1. The fourth-order valence-electron chi connectivity index (χ4n) is 2.84. The van der Waals surface area contributed by atoms with E-state index >= 15 is 0 Å². The molecule has 0 atom stereocenters. The summed E-state index contributed by atoms with van der Waals surface area (Å²) in [5.41, 5.74) is 7.42. The summed E-state index contributed by atoms with van der Waals surface area (Å²) in [5, 5.41) is 6.68. The second-order valence-electron chi connectivity index (χ2n) is 6.60. The van der Waals surface area contributed by atoms with Gasteiger partial charge in [0.2, 0.25) is 0 Å². The first-order chi connectivity index (χ1) is 15.2. The molecule has 0 bridgehead atoms. The lowest BCUT2D eigenvalue weighted by atomic mass is 10.1. The van der Waals surface area contributed by atoms with Gasteiger partial charge in [-0.25, -0.2) is 4.98 Å². The Bertz CT molecular complexity index is 1050. The zero-order chi connectivity index (χ0) is 21.9. The van der Waals surface area contributed by atoms with Gasteiger partial charge in [0.05, 0.1) is 17.9 Å². The van der Waals surface area contributed by atoms with Crippen LogP contribution in [0.25, 0.3) is 12.2 Å². The van der Waals surface area contributed by atoms with Crippen molar-refractivity contribution >= 4 is 12.2 Å². The number of hydrogen-bond donors (Lipinski definition) is 2. The average molecular weight is 415 g/mol. The molecule has 0 aliphatic rings. The number of aromatic nitrogens is 1. The Morgan fingerprint density at radius 3 is 2.29 bits per heavy atom. The SMILES string of the molecule is C=Cc1ccc(COc2cccc(OCc3ccc(CN/N=N\N)cc3)c2)nc1C=C. The quantitative estimate of drug-likeness (QED) is 0.265. The number of pyridine rings is 1. The highest BCUT2D eigenvalue weighted by molar-refractivity contribution is 5.60. The fourth-order valence-corrected chi connectivity index (χ4v) is 2.84. The summed E-state index contributed by atoms with van der Waals surface area (Å²) in [6.45, 7) is 8.93. The van der Waals surface area contributed by atoms with Crippen LogP contribution in [-0.4, -0.2) is 4.98 Å². The van der Waals surface area contributed by atoms with Gasteiger partial charge in [-0.2, -0.15) is 0 Å². The molecule has 0 amide bonds. The van der Waals surface area contributed by atoms with Gasteiger partial charge in [-0.05, 0) is 41.0 Å². The molecule has 1 heterocycles. The van der Waals surface area contributed by atoms with Gasteiger partial charge in [0.1, 0.15) is 24.7 Å². The van der Waals surface area contributed by atoms with Crippen molar-refractivity contribution in [2.24, 2.45) is 16.3 Å². The van der Waals surface area contributed by atoms with Crippen molar-refractivity contribution in [1.29, 1.82) is 0 Å². The Kier molecular flexibility index (Phi) is 7.77. The summed E-state index contributed by atoms with van der Waals surface area (Å²) in [6.07, 6.45) is 3.47. The summed E-state index contributed by atoms with van der Waals surface area (Å²) in [5.74, 6) is 6.39. The van der Waals surface area contributed by atoms with Crippen LogP contribution < -0.4 is 20.7 Å². The van der Waals surface area contributed by atoms with Gasteiger partial charge in [-0.1, -0.05) is 66.1 Å². The molecule has 3 aromatic rings. The third-order valence-electron chi connectivity index (χ3n) is 4.46. The molecular formula is C24H25N5O2. The maximum Gasteiger partial charge on any atom is 0.130 e. The van der Waals surface area contributed by atoms with Gasteiger partial charge >= 0.3 is 0 Å². The molecule has 0 saturated carbocycles. The van der Waals surface area contributed by atoms with Crippen LogP contribution in [0.5, 0.6) is 11.5 Å². The topological polar surface area (TPSA) is 94.1 Å². The monoisotopic (exact) mass is 415 g/mol. The van der Waals surface area contributed by atoms with Crippen LogP contribution in [0.15, 0.2) is 84.3 Å². The number of nitrogens with one attached hydrogen (secondary N) is 1. The van der Waals surface area contributed by atoms with E-state index in [1.54, 1.807) is 12.2 Å². The molecule has 158 valence electrons. The summed E-state index contributed by atoms with van der Waals surface area (Å²) >= 11 is 0. The maximum atomic E-state index is 5.90. The fraction of sp³-hybridized carbons (Fsp3) is 0.125. The van der Waals surface area contributed by atoms with Gasteiger partial charge < -0.3 is 15.3 Å². The molecule has 3 N–H and O–H groups in total. The van der Waals surface area contributed by atoms with Crippen LogP contribution in [-0.2, 0) is 19.8 Å². The zero-order valence-corrected chi connectivity index (χ0v) is 17.2. The second kappa shape index (κ2) is 11.2. The molecule has 0 radical (unpaired) electrons. The van der Waals surface area contributed by atoms with E-state index in [-0.39, 0.29) is 0 Å². The van der Waals surface area contributed by atoms with Gasteiger partial charge in [0.25, 0.3) is 0 Å². The maximum absolute atomic E-state index is 5.90. The molecule has 0 aliphatic carbocycles. The van der Waals surface area contributed by atoms with E-state index in [2.05, 4.69) is 34.0 Å². The Labute approximate surface area is 181 Å². The molecule has 1 aromatic heterocycles. The number of ether oxygens (including phenoxy) is 2. The van der Waals surface area contributed by atoms with Gasteiger partial charge in [0.15, 0.2) is 0 Å². The van der Waals surface area contributed by atoms with Crippen LogP contribution in [0.3, 0.4) is 0 Å². The predicted molar refractivity (Wildman–Crippen MR) is 122 cm³/mol. The first kappa shape index (κ1) is 21.6. The van der Waals surface area contributed by atoms with Crippen LogP contribution in [0.1, 0.15) is 28.1 Å². The minimum absolute atomic E-state index is 0.348. The van der Waals surface area contributed by atoms with Crippen molar-refractivity contribution in [3.63, 3.8) is 0 Å². The highest BCUT2D eigenvalue weighted by Crippen LogP contribution is 2.22. The van der Waals surface area contributed by atoms with Gasteiger partial charge in [-0.3, -0.25) is 5.43 Å². The standard InChI is InChI=1S/C24H25N5O2/c1-3-20-12-13-21(27-24(20)4-2)17-31-23-7-5-6-22(14-23)30-16-19-10-8-18(9-11-19)15-26-29-28-25/h3-14H,1-2,15-17H2,(H2,25,29)(H,26,28). The highest BCUT2D eigenvalue weighted by atomic mass is 16.5. The van der Waals surface area contributed by atoms with Crippen molar-refractivity contribution < 1.29 is 9.47 Å². The smallest absolute Gasteiger partial charge is 0.130 e. The molecule has 0 aliphatic heterocycles. The second-order valence-corrected chi connectivity index (χ2v) is 6.60. The summed E-state index contributed by atoms with van der Waals surface area (Å²) in [7, 11) is 0. The van der Waals surface area contributed by atoms with E-state index < -0.39 is 0 Å². The molecule has 2 aromatic carbocycles. The van der Waals surface area contributed by atoms with E-state index in [0.29, 0.717) is 25.5 Å². The Hall–Kier alpha value is -4.13. The molecule has 7 nitrogen and oxygen atoms in total. The largest absolute Gasteiger partial charge is 0.489 e. The van der Waals surface area contributed by atoms with E-state index in [1.165, 1.54) is 0 Å². The van der Waals surface area contributed by atoms with Crippen molar-refractivity contribution in [1.82, 2.24) is 10.4 Å². The van der Waals surface area contributed by atoms with Crippen molar-refractivity contribution in [2.45, 2.75) is 19.8 Å². The van der Waals surface area contributed by atoms with E-state index in [9.17, 15) is 0 Å². The summed E-state index contributed by atoms with van der Waals surface area (Å²) in [4.78, 5) is 4.54. The first-order valence-electron chi connectivity index (χ1n) is 9.73. The number of rotatable bonds is 11. The molecule has 0 spiro atoms. The summed E-state index contributed by atoms with van der Waals surface area (Å²) in [6, 6.07) is 19.4. The van der Waals surface area contributed by atoms with Gasteiger partial charge in [-0.15, -0.1) is 0 Å². The molecule has 31 heavy (non-hydrogen) atoms. The Morgan fingerprint density at radius 1 is 0.903 bits per heavy atom. The van der Waals surface area contributed by atoms with Crippen molar-refractivity contribution in [3.8, 4) is 11.5 Å². The first-order valence-corrected chi connectivity index (χ1v) is 9.73. The zero-order valence-electron chi connectivity index (χ0n) is 17.2. The van der Waals surface area contributed by atoms with Crippen LogP contribution >= 0.6 is 0 Å². The van der Waals surface area contributed by atoms with E-state index in [1.807, 2.05) is 60.7 Å². The van der Waals surface area contributed by atoms with Crippen molar-refractivity contribution in [3.05, 3.63) is 102 Å². The molecule has 3 rings (SSSR count). The van der Waals surface area contributed by atoms with Crippen LogP contribution in [0.2, 0.25) is 0 Å². The predicted octanol–water partition coefficient (Wildman–Crippen LogP) is 4.86. The average Bonchev–Trinajstić information content (AvgIpc) is 2.82. The minimum Gasteiger partial charge on any atom is -0.489 e. The number of nitrogens with zero attached hydrogens (tertiary/aromatic N) is 3. The van der Waals surface area contributed by atoms with Gasteiger partial charge in [0, 0.05) is 6.07 Å². The van der Waals surface area contributed by atoms with Crippen LogP contribution in [0.4, 0.5) is 0 Å². The van der Waals surface area contributed by atoms with E-state index in [4.69, 9.17) is 15.3 Å². The van der Waals surface area contributed by atoms with E-state index in [0.717, 1.165) is 33.8 Å². The third-order valence-corrected chi connectivity index (χ3v) is 4.46. The lowest BCUT2D eigenvalue weighted by molar-refractivity contribution is 0.287. The number of benzene rings is 2. The van der Waals surface area contributed by atoms with Crippen molar-refractivity contribution in [2.75, 3.05) is 0 Å². The molecular weight excluding hydrogens is 390 g/mol. The minimum atomic E-state index is 0.348.